The summed E-state index contributed by atoms with van der Waals surface area (Å²) in [6.45, 7) is 1.50. The number of aromatic nitrogens is 2. The van der Waals surface area contributed by atoms with Gasteiger partial charge < -0.3 is 10.5 Å². The van der Waals surface area contributed by atoms with Gasteiger partial charge in [-0.1, -0.05) is 11.6 Å². The van der Waals surface area contributed by atoms with Crippen molar-refractivity contribution in [3.05, 3.63) is 11.2 Å². The van der Waals surface area contributed by atoms with E-state index >= 15 is 0 Å². The predicted molar refractivity (Wildman–Crippen MR) is 48.1 cm³/mol. The Morgan fingerprint density at radius 1 is 1.75 bits per heavy atom. The van der Waals surface area contributed by atoms with Gasteiger partial charge in [0.25, 0.3) is 0 Å². The molecule has 0 aliphatic carbocycles. The Bertz CT molecular complexity index is 229. The first kappa shape index (κ1) is 9.35. The number of anilines is 1. The summed E-state index contributed by atoms with van der Waals surface area (Å²) in [5.74, 6) is 0.383. The zero-order valence-corrected chi connectivity index (χ0v) is 7.71. The Kier molecular flexibility index (Phi) is 3.37. The van der Waals surface area contributed by atoms with Gasteiger partial charge in [-0.05, 0) is 6.42 Å². The molecule has 4 nitrogen and oxygen atoms in total. The van der Waals surface area contributed by atoms with Crippen molar-refractivity contribution in [3.8, 4) is 0 Å². The van der Waals surface area contributed by atoms with Crippen LogP contribution < -0.4 is 5.73 Å². The van der Waals surface area contributed by atoms with Gasteiger partial charge in [0.15, 0.2) is 5.82 Å². The smallest absolute Gasteiger partial charge is 0.164 e. The van der Waals surface area contributed by atoms with Gasteiger partial charge in [0.05, 0.1) is 0 Å². The molecule has 0 amide bonds. The molecule has 1 heterocycles. The fourth-order valence-electron chi connectivity index (χ4n) is 0.897. The second-order valence-corrected chi connectivity index (χ2v) is 2.88. The first-order valence-corrected chi connectivity index (χ1v) is 4.09. The van der Waals surface area contributed by atoms with Crippen LogP contribution in [0.1, 0.15) is 6.42 Å². The maximum absolute atomic E-state index is 5.70. The van der Waals surface area contributed by atoms with Crippen molar-refractivity contribution < 1.29 is 4.74 Å². The van der Waals surface area contributed by atoms with Gasteiger partial charge in [-0.15, -0.1) is 0 Å². The van der Waals surface area contributed by atoms with Gasteiger partial charge in [-0.2, -0.15) is 5.10 Å². The number of rotatable bonds is 4. The molecule has 1 aromatic rings. The van der Waals surface area contributed by atoms with Crippen molar-refractivity contribution in [2.24, 2.45) is 0 Å². The lowest BCUT2D eigenvalue weighted by atomic mass is 10.4. The highest BCUT2D eigenvalue weighted by atomic mass is 35.5. The van der Waals surface area contributed by atoms with E-state index in [2.05, 4.69) is 5.10 Å². The molecule has 0 atom stereocenters. The van der Waals surface area contributed by atoms with Crippen molar-refractivity contribution >= 4 is 17.4 Å². The molecule has 1 aromatic heterocycles. The molecule has 0 saturated heterocycles. The number of ether oxygens (including phenoxy) is 1. The molecule has 0 bridgehead atoms. The van der Waals surface area contributed by atoms with Crippen LogP contribution in [0.15, 0.2) is 6.20 Å². The minimum absolute atomic E-state index is 0.383. The fraction of sp³-hybridized carbons (Fsp3) is 0.571. The minimum atomic E-state index is 0.383. The van der Waals surface area contributed by atoms with Gasteiger partial charge in [0.1, 0.15) is 5.02 Å². The number of halogens is 1. The molecule has 0 spiro atoms. The molecular formula is C7H12ClN3O. The van der Waals surface area contributed by atoms with Gasteiger partial charge in [0, 0.05) is 26.5 Å². The highest BCUT2D eigenvalue weighted by Crippen LogP contribution is 2.15. The monoisotopic (exact) mass is 189 g/mol. The SMILES string of the molecule is COCCCn1cc(Cl)c(N)n1. The summed E-state index contributed by atoms with van der Waals surface area (Å²) in [6.07, 6.45) is 2.63. The lowest BCUT2D eigenvalue weighted by molar-refractivity contribution is 0.189. The van der Waals surface area contributed by atoms with Crippen LogP contribution in [-0.2, 0) is 11.3 Å². The maximum Gasteiger partial charge on any atom is 0.164 e. The molecular weight excluding hydrogens is 178 g/mol. The molecule has 68 valence electrons. The summed E-state index contributed by atoms with van der Waals surface area (Å²) in [7, 11) is 1.67. The topological polar surface area (TPSA) is 53.1 Å². The van der Waals surface area contributed by atoms with Crippen molar-refractivity contribution in [1.82, 2.24) is 9.78 Å². The Morgan fingerprint density at radius 2 is 2.50 bits per heavy atom. The van der Waals surface area contributed by atoms with Crippen molar-refractivity contribution in [3.63, 3.8) is 0 Å². The summed E-state index contributed by atoms with van der Waals surface area (Å²) in [4.78, 5) is 0. The standard InChI is InChI=1S/C7H12ClN3O/c1-12-4-2-3-11-5-6(8)7(9)10-11/h5H,2-4H2,1H3,(H2,9,10). The molecule has 0 fully saturated rings. The quantitative estimate of drug-likeness (QED) is 0.724. The van der Waals surface area contributed by atoms with Crippen molar-refractivity contribution in [2.75, 3.05) is 19.5 Å². The van der Waals surface area contributed by atoms with Crippen LogP contribution in [0.4, 0.5) is 5.82 Å². The molecule has 1 rings (SSSR count). The lowest BCUT2D eigenvalue weighted by Gasteiger charge is -1.98. The Labute approximate surface area is 76.3 Å². The first-order valence-electron chi connectivity index (χ1n) is 3.71. The molecule has 0 saturated carbocycles. The van der Waals surface area contributed by atoms with Crippen LogP contribution in [0.2, 0.25) is 5.02 Å². The minimum Gasteiger partial charge on any atom is -0.385 e. The zero-order valence-electron chi connectivity index (χ0n) is 6.96. The van der Waals surface area contributed by atoms with Crippen LogP contribution in [0, 0.1) is 0 Å². The number of aryl methyl sites for hydroxylation is 1. The van der Waals surface area contributed by atoms with E-state index in [0.29, 0.717) is 10.8 Å². The summed E-state index contributed by atoms with van der Waals surface area (Å²) < 4.78 is 6.61. The molecule has 0 aliphatic heterocycles. The van der Waals surface area contributed by atoms with E-state index < -0.39 is 0 Å². The van der Waals surface area contributed by atoms with Crippen LogP contribution in [0.5, 0.6) is 0 Å². The zero-order chi connectivity index (χ0) is 8.97. The third-order valence-electron chi connectivity index (χ3n) is 1.48. The number of hydrogen-bond donors (Lipinski definition) is 1. The third kappa shape index (κ3) is 2.39. The Hall–Kier alpha value is -0.740. The number of nitrogens with zero attached hydrogens (tertiary/aromatic N) is 2. The summed E-state index contributed by atoms with van der Waals surface area (Å²) >= 11 is 5.70. The fourth-order valence-corrected chi connectivity index (χ4v) is 1.05. The van der Waals surface area contributed by atoms with E-state index in [4.69, 9.17) is 22.1 Å². The lowest BCUT2D eigenvalue weighted by Crippen LogP contribution is -2.02. The highest BCUT2D eigenvalue weighted by Gasteiger charge is 2.01. The summed E-state index contributed by atoms with van der Waals surface area (Å²) in [5, 5.41) is 4.50. The normalized spacial score (nSPS) is 10.5. The van der Waals surface area contributed by atoms with Gasteiger partial charge >= 0.3 is 0 Å². The second kappa shape index (κ2) is 4.33. The van der Waals surface area contributed by atoms with Crippen molar-refractivity contribution in [2.45, 2.75) is 13.0 Å². The second-order valence-electron chi connectivity index (χ2n) is 2.47. The van der Waals surface area contributed by atoms with E-state index in [-0.39, 0.29) is 0 Å². The Morgan fingerprint density at radius 3 is 3.00 bits per heavy atom. The molecule has 0 radical (unpaired) electrons. The van der Waals surface area contributed by atoms with E-state index in [1.54, 1.807) is 18.0 Å². The Balaban J connectivity index is 2.42. The molecule has 12 heavy (non-hydrogen) atoms. The van der Waals surface area contributed by atoms with Crippen LogP contribution in [0.25, 0.3) is 0 Å². The molecule has 2 N–H and O–H groups in total. The first-order chi connectivity index (χ1) is 5.74. The largest absolute Gasteiger partial charge is 0.385 e. The molecule has 0 aromatic carbocycles. The summed E-state index contributed by atoms with van der Waals surface area (Å²) in [5.41, 5.74) is 5.45. The number of nitrogens with two attached hydrogens (primary N) is 1. The van der Waals surface area contributed by atoms with Crippen molar-refractivity contribution in [1.29, 1.82) is 0 Å². The number of methoxy groups -OCH3 is 1. The average Bonchev–Trinajstić information content (AvgIpc) is 2.32. The van der Waals surface area contributed by atoms with E-state index in [1.807, 2.05) is 0 Å². The third-order valence-corrected chi connectivity index (χ3v) is 1.77. The molecule has 0 aliphatic rings. The van der Waals surface area contributed by atoms with Crippen LogP contribution in [0.3, 0.4) is 0 Å². The highest BCUT2D eigenvalue weighted by molar-refractivity contribution is 6.32. The predicted octanol–water partition coefficient (Wildman–Crippen LogP) is 1.16. The van der Waals surface area contributed by atoms with Crippen LogP contribution in [-0.4, -0.2) is 23.5 Å². The summed E-state index contributed by atoms with van der Waals surface area (Å²) in [6, 6.07) is 0. The maximum atomic E-state index is 5.70. The van der Waals surface area contributed by atoms with Gasteiger partial charge in [0.2, 0.25) is 0 Å². The van der Waals surface area contributed by atoms with Gasteiger partial charge in [-0.25, -0.2) is 0 Å². The van der Waals surface area contributed by atoms with Crippen LogP contribution >= 0.6 is 11.6 Å². The molecule has 0 unspecified atom stereocenters. The number of nitrogen functional groups attached to an aromatic ring is 1. The average molecular weight is 190 g/mol. The molecule has 5 heteroatoms. The number of hydrogen-bond acceptors (Lipinski definition) is 3. The van der Waals surface area contributed by atoms with E-state index in [0.717, 1.165) is 19.6 Å². The van der Waals surface area contributed by atoms with Gasteiger partial charge in [-0.3, -0.25) is 4.68 Å². The van der Waals surface area contributed by atoms with E-state index in [9.17, 15) is 0 Å². The van der Waals surface area contributed by atoms with E-state index in [1.165, 1.54) is 0 Å².